The number of hydrogen-bond donors (Lipinski definition) is 1. The Morgan fingerprint density at radius 3 is 2.88 bits per heavy atom. The third kappa shape index (κ3) is 2.02. The van der Waals surface area contributed by atoms with E-state index in [-0.39, 0.29) is 0 Å². The molecule has 86 valence electrons. The summed E-state index contributed by atoms with van der Waals surface area (Å²) >= 11 is 0. The number of fused-ring (bicyclic) bond motifs is 1. The number of nitrogens with zero attached hydrogens (tertiary/aromatic N) is 2. The molecule has 4 heteroatoms. The van der Waals surface area contributed by atoms with Crippen molar-refractivity contribution in [2.45, 2.75) is 6.42 Å². The average molecular weight is 219 g/mol. The Hall–Kier alpha value is -1.55. The smallest absolute Gasteiger partial charge is 0.144 e. The molecule has 0 unspecified atom stereocenters. The van der Waals surface area contributed by atoms with E-state index in [4.69, 9.17) is 4.74 Å². The van der Waals surface area contributed by atoms with Gasteiger partial charge in [0.05, 0.1) is 19.0 Å². The molecule has 2 aromatic rings. The summed E-state index contributed by atoms with van der Waals surface area (Å²) in [5.74, 6) is 0.848. The van der Waals surface area contributed by atoms with E-state index in [1.54, 1.807) is 13.4 Å². The number of nitrogens with one attached hydrogen (secondary N) is 1. The molecule has 0 atom stereocenters. The summed E-state index contributed by atoms with van der Waals surface area (Å²) in [5, 5.41) is 0. The highest BCUT2D eigenvalue weighted by Crippen LogP contribution is 2.25. The molecule has 0 saturated heterocycles. The predicted octanol–water partition coefficient (Wildman–Crippen LogP) is 1.68. The van der Waals surface area contributed by atoms with Crippen molar-refractivity contribution >= 4 is 11.0 Å². The molecule has 1 heterocycles. The second-order valence-corrected chi connectivity index (χ2v) is 4.11. The molecule has 0 saturated carbocycles. The normalized spacial score (nSPS) is 11.2. The van der Waals surface area contributed by atoms with E-state index in [9.17, 15) is 0 Å². The number of methoxy groups -OCH3 is 1. The zero-order chi connectivity index (χ0) is 11.5. The summed E-state index contributed by atoms with van der Waals surface area (Å²) in [6, 6.07) is 4.08. The maximum atomic E-state index is 5.28. The fourth-order valence-corrected chi connectivity index (χ4v) is 1.78. The van der Waals surface area contributed by atoms with Crippen molar-refractivity contribution in [1.29, 1.82) is 0 Å². The minimum atomic E-state index is 0.848. The Balaban J connectivity index is 2.36. The zero-order valence-corrected chi connectivity index (χ0v) is 9.95. The van der Waals surface area contributed by atoms with Crippen molar-refractivity contribution in [3.63, 3.8) is 0 Å². The van der Waals surface area contributed by atoms with Gasteiger partial charge in [-0.05, 0) is 32.1 Å². The molecule has 2 rings (SSSR count). The second kappa shape index (κ2) is 4.53. The van der Waals surface area contributed by atoms with Crippen LogP contribution in [0.3, 0.4) is 0 Å². The maximum Gasteiger partial charge on any atom is 0.144 e. The molecule has 16 heavy (non-hydrogen) atoms. The van der Waals surface area contributed by atoms with Gasteiger partial charge in [0.1, 0.15) is 11.3 Å². The van der Waals surface area contributed by atoms with E-state index >= 15 is 0 Å². The second-order valence-electron chi connectivity index (χ2n) is 4.11. The van der Waals surface area contributed by atoms with Crippen LogP contribution in [0.4, 0.5) is 0 Å². The number of ether oxygens (including phenoxy) is 1. The lowest BCUT2D eigenvalue weighted by Crippen LogP contribution is -2.15. The largest absolute Gasteiger partial charge is 0.494 e. The highest BCUT2D eigenvalue weighted by molar-refractivity contribution is 5.84. The molecular weight excluding hydrogens is 202 g/mol. The summed E-state index contributed by atoms with van der Waals surface area (Å²) in [5.41, 5.74) is 3.26. The highest BCUT2D eigenvalue weighted by atomic mass is 16.5. The third-order valence-electron chi connectivity index (χ3n) is 2.67. The van der Waals surface area contributed by atoms with Crippen LogP contribution in [-0.2, 0) is 6.42 Å². The van der Waals surface area contributed by atoms with Gasteiger partial charge in [0.2, 0.25) is 0 Å². The monoisotopic (exact) mass is 219 g/mol. The molecule has 1 aromatic heterocycles. The average Bonchev–Trinajstić information content (AvgIpc) is 2.74. The van der Waals surface area contributed by atoms with E-state index < -0.39 is 0 Å². The van der Waals surface area contributed by atoms with E-state index in [1.807, 2.05) is 6.07 Å². The highest BCUT2D eigenvalue weighted by Gasteiger charge is 2.08. The van der Waals surface area contributed by atoms with Gasteiger partial charge >= 0.3 is 0 Å². The number of rotatable bonds is 4. The van der Waals surface area contributed by atoms with E-state index in [1.165, 1.54) is 5.56 Å². The van der Waals surface area contributed by atoms with Crippen molar-refractivity contribution in [2.24, 2.45) is 0 Å². The number of aromatic amines is 1. The Bertz CT molecular complexity index is 476. The summed E-state index contributed by atoms with van der Waals surface area (Å²) in [6.07, 6.45) is 2.71. The van der Waals surface area contributed by atoms with Crippen molar-refractivity contribution < 1.29 is 4.74 Å². The molecule has 4 nitrogen and oxygen atoms in total. The number of benzene rings is 1. The Morgan fingerprint density at radius 1 is 1.38 bits per heavy atom. The van der Waals surface area contributed by atoms with Gasteiger partial charge in [0, 0.05) is 6.54 Å². The lowest BCUT2D eigenvalue weighted by Gasteiger charge is -2.10. The molecule has 0 aliphatic heterocycles. The maximum absolute atomic E-state index is 5.28. The lowest BCUT2D eigenvalue weighted by molar-refractivity contribution is 0.412. The Labute approximate surface area is 95.2 Å². The van der Waals surface area contributed by atoms with Gasteiger partial charge in [-0.25, -0.2) is 4.98 Å². The van der Waals surface area contributed by atoms with Crippen LogP contribution < -0.4 is 4.74 Å². The van der Waals surface area contributed by atoms with E-state index in [0.29, 0.717) is 0 Å². The fraction of sp³-hybridized carbons (Fsp3) is 0.417. The topological polar surface area (TPSA) is 41.1 Å². The minimum absolute atomic E-state index is 0.848. The summed E-state index contributed by atoms with van der Waals surface area (Å²) < 4.78 is 5.28. The van der Waals surface area contributed by atoms with Crippen LogP contribution in [0.25, 0.3) is 11.0 Å². The number of imidazole rings is 1. The van der Waals surface area contributed by atoms with Gasteiger partial charge in [-0.15, -0.1) is 0 Å². The van der Waals surface area contributed by atoms with Crippen LogP contribution in [0.5, 0.6) is 5.75 Å². The molecule has 0 aliphatic carbocycles. The molecule has 0 spiro atoms. The van der Waals surface area contributed by atoms with Crippen molar-refractivity contribution in [2.75, 3.05) is 27.7 Å². The number of hydrogen-bond acceptors (Lipinski definition) is 3. The van der Waals surface area contributed by atoms with Crippen molar-refractivity contribution in [3.8, 4) is 5.75 Å². The quantitative estimate of drug-likeness (QED) is 0.850. The number of likely N-dealkylation sites (N-methyl/N-ethyl adjacent to an activating group) is 1. The zero-order valence-electron chi connectivity index (χ0n) is 9.95. The Morgan fingerprint density at radius 2 is 2.19 bits per heavy atom. The van der Waals surface area contributed by atoms with E-state index in [0.717, 1.165) is 29.7 Å². The van der Waals surface area contributed by atoms with Gasteiger partial charge in [0.15, 0.2) is 0 Å². The van der Waals surface area contributed by atoms with Gasteiger partial charge in [-0.1, -0.05) is 6.07 Å². The molecule has 1 aromatic carbocycles. The minimum Gasteiger partial charge on any atom is -0.494 e. The first-order chi connectivity index (χ1) is 7.72. The first-order valence-electron chi connectivity index (χ1n) is 5.36. The van der Waals surface area contributed by atoms with E-state index in [2.05, 4.69) is 35.0 Å². The van der Waals surface area contributed by atoms with Crippen LogP contribution in [0.15, 0.2) is 18.5 Å². The van der Waals surface area contributed by atoms with Crippen LogP contribution >= 0.6 is 0 Å². The molecule has 0 aliphatic rings. The fourth-order valence-electron chi connectivity index (χ4n) is 1.78. The number of H-pyrrole nitrogens is 1. The van der Waals surface area contributed by atoms with Crippen LogP contribution in [-0.4, -0.2) is 42.6 Å². The Kier molecular flexibility index (Phi) is 3.10. The molecule has 0 amide bonds. The first-order valence-corrected chi connectivity index (χ1v) is 5.36. The van der Waals surface area contributed by atoms with Gasteiger partial charge in [-0.3, -0.25) is 0 Å². The summed E-state index contributed by atoms with van der Waals surface area (Å²) in [6.45, 7) is 1.02. The lowest BCUT2D eigenvalue weighted by atomic mass is 10.1. The van der Waals surface area contributed by atoms with Crippen molar-refractivity contribution in [1.82, 2.24) is 14.9 Å². The molecular formula is C12H17N3O. The summed E-state index contributed by atoms with van der Waals surface area (Å²) in [7, 11) is 5.83. The van der Waals surface area contributed by atoms with Crippen LogP contribution in [0, 0.1) is 0 Å². The molecule has 1 N–H and O–H groups in total. The standard InChI is InChI=1S/C12H17N3O/c1-15(2)7-6-9-4-5-10(16-3)12-11(9)13-8-14-12/h4-5,8H,6-7H2,1-3H3,(H,13,14). The molecule has 0 fully saturated rings. The molecule has 0 bridgehead atoms. The molecule has 0 radical (unpaired) electrons. The first kappa shape index (κ1) is 11.0. The van der Waals surface area contributed by atoms with Gasteiger partial charge in [0.25, 0.3) is 0 Å². The third-order valence-corrected chi connectivity index (χ3v) is 2.67. The number of aromatic nitrogens is 2. The van der Waals surface area contributed by atoms with Crippen molar-refractivity contribution in [3.05, 3.63) is 24.0 Å². The SMILES string of the molecule is COc1ccc(CCN(C)C)c2nc[nH]c12. The van der Waals surface area contributed by atoms with Gasteiger partial charge in [-0.2, -0.15) is 0 Å². The van der Waals surface area contributed by atoms with Crippen LogP contribution in [0.1, 0.15) is 5.56 Å². The van der Waals surface area contributed by atoms with Gasteiger partial charge < -0.3 is 14.6 Å². The predicted molar refractivity (Wildman–Crippen MR) is 64.9 cm³/mol. The van der Waals surface area contributed by atoms with Crippen LogP contribution in [0.2, 0.25) is 0 Å². The summed E-state index contributed by atoms with van der Waals surface area (Å²) in [4.78, 5) is 9.64.